The fourth-order valence-corrected chi connectivity index (χ4v) is 2.62. The lowest BCUT2D eigenvalue weighted by molar-refractivity contribution is 0.641. The monoisotopic (exact) mass is 168 g/mol. The van der Waals surface area contributed by atoms with Gasteiger partial charge < -0.3 is 4.52 Å². The Bertz CT molecular complexity index is 270. The predicted molar refractivity (Wildman–Crippen MR) is 47.5 cm³/mol. The molecule has 1 aromatic carbocycles. The Morgan fingerprint density at radius 1 is 1.30 bits per heavy atom. The molecule has 1 nitrogen and oxygen atoms in total. The molecule has 1 aromatic rings. The molecule has 1 unspecified atom stereocenters. The van der Waals surface area contributed by atoms with Crippen LogP contribution in [-0.2, 0) is 0 Å². The molecule has 1 aliphatic heterocycles. The molecule has 0 amide bonds. The van der Waals surface area contributed by atoms with E-state index in [-0.39, 0.29) is 0 Å². The molecule has 0 saturated carbocycles. The molecule has 0 bridgehead atoms. The van der Waals surface area contributed by atoms with Crippen molar-refractivity contribution in [3.63, 3.8) is 0 Å². The van der Waals surface area contributed by atoms with Gasteiger partial charge in [0.05, 0.1) is 0 Å². The first kappa shape index (κ1) is 6.34. The van der Waals surface area contributed by atoms with Crippen molar-refractivity contribution in [2.24, 2.45) is 0 Å². The zero-order valence-corrected chi connectivity index (χ0v) is 7.14. The first-order valence-electron chi connectivity index (χ1n) is 3.01. The normalized spacial score (nSPS) is 18.0. The van der Waals surface area contributed by atoms with E-state index in [0.29, 0.717) is 8.50 Å². The van der Waals surface area contributed by atoms with Crippen molar-refractivity contribution in [2.75, 3.05) is 0 Å². The summed E-state index contributed by atoms with van der Waals surface area (Å²) in [5, 5.41) is 0. The Kier molecular flexibility index (Phi) is 1.71. The summed E-state index contributed by atoms with van der Waals surface area (Å²) in [5.41, 5.74) is 1.22. The zero-order valence-electron chi connectivity index (χ0n) is 5.24. The van der Waals surface area contributed by atoms with Crippen LogP contribution >= 0.6 is 16.4 Å². The minimum absolute atomic E-state index is 0.585. The number of rotatable bonds is 0. The maximum Gasteiger partial charge on any atom is 0.131 e. The third kappa shape index (κ3) is 1.08. The average Bonchev–Trinajstić information content (AvgIpc) is 2.05. The molecular formula is C7H6OP2. The van der Waals surface area contributed by atoms with E-state index in [2.05, 4.69) is 11.9 Å². The van der Waals surface area contributed by atoms with Crippen LogP contribution in [0.5, 0.6) is 5.75 Å². The molecule has 50 valence electrons. The second-order valence-electron chi connectivity index (χ2n) is 1.99. The van der Waals surface area contributed by atoms with E-state index in [1.807, 2.05) is 18.2 Å². The average molecular weight is 168 g/mol. The molecule has 1 aliphatic rings. The summed E-state index contributed by atoms with van der Waals surface area (Å²) in [6.07, 6.45) is 0. The number of benzene rings is 1. The molecular weight excluding hydrogens is 162 g/mol. The lowest BCUT2D eigenvalue weighted by Crippen LogP contribution is -1.87. The third-order valence-corrected chi connectivity index (χ3v) is 3.13. The van der Waals surface area contributed by atoms with Crippen LogP contribution in [0.4, 0.5) is 0 Å². The molecule has 0 aliphatic carbocycles. The zero-order chi connectivity index (χ0) is 6.81. The van der Waals surface area contributed by atoms with Crippen molar-refractivity contribution in [3.8, 4) is 5.75 Å². The van der Waals surface area contributed by atoms with E-state index in [0.717, 1.165) is 5.75 Å². The largest absolute Gasteiger partial charge is 0.468 e. The van der Waals surface area contributed by atoms with E-state index in [1.54, 1.807) is 0 Å². The Morgan fingerprint density at radius 2 is 2.20 bits per heavy atom. The highest BCUT2D eigenvalue weighted by Gasteiger charge is 2.02. The van der Waals surface area contributed by atoms with Gasteiger partial charge in [-0.1, -0.05) is 18.2 Å². The van der Waals surface area contributed by atoms with Gasteiger partial charge in [-0.2, -0.15) is 0 Å². The van der Waals surface area contributed by atoms with Gasteiger partial charge in [-0.15, -0.1) is 0 Å². The van der Waals surface area contributed by atoms with Gasteiger partial charge in [0.1, 0.15) is 14.2 Å². The van der Waals surface area contributed by atoms with Gasteiger partial charge in [-0.05, 0) is 19.8 Å². The molecule has 10 heavy (non-hydrogen) atoms. The molecule has 1 atom stereocenters. The van der Waals surface area contributed by atoms with Crippen LogP contribution in [0, 0.1) is 0 Å². The van der Waals surface area contributed by atoms with Crippen LogP contribution in [0.15, 0.2) is 24.3 Å². The summed E-state index contributed by atoms with van der Waals surface area (Å²) in [7, 11) is 1.87. The van der Waals surface area contributed by atoms with Gasteiger partial charge in [0.2, 0.25) is 0 Å². The van der Waals surface area contributed by atoms with Gasteiger partial charge in [0.25, 0.3) is 0 Å². The number of hydrogen-bond acceptors (Lipinski definition) is 1. The Hall–Kier alpha value is -0.380. The van der Waals surface area contributed by atoms with Gasteiger partial charge >= 0.3 is 0 Å². The first-order valence-corrected chi connectivity index (χ1v) is 5.72. The summed E-state index contributed by atoms with van der Waals surface area (Å²) in [5.74, 6) is 3.22. The van der Waals surface area contributed by atoms with Crippen molar-refractivity contribution in [1.82, 2.24) is 0 Å². The molecule has 1 heterocycles. The van der Waals surface area contributed by atoms with Gasteiger partial charge in [0.15, 0.2) is 0 Å². The third-order valence-electron chi connectivity index (χ3n) is 1.33. The van der Waals surface area contributed by atoms with E-state index in [4.69, 9.17) is 4.52 Å². The SMILES string of the molecule is C1=PPOc2ccccc21. The summed E-state index contributed by atoms with van der Waals surface area (Å²) in [6.45, 7) is 0. The fourth-order valence-electron chi connectivity index (χ4n) is 0.852. The van der Waals surface area contributed by atoms with Crippen molar-refractivity contribution in [3.05, 3.63) is 29.8 Å². The van der Waals surface area contributed by atoms with Crippen LogP contribution < -0.4 is 4.52 Å². The minimum Gasteiger partial charge on any atom is -0.468 e. The number of fused-ring (bicyclic) bond motifs is 1. The van der Waals surface area contributed by atoms with Crippen molar-refractivity contribution >= 4 is 22.2 Å². The fraction of sp³-hybridized carbons (Fsp3) is 0. The topological polar surface area (TPSA) is 9.23 Å². The quantitative estimate of drug-likeness (QED) is 0.541. The highest BCUT2D eigenvalue weighted by atomic mass is 32.0. The summed E-state index contributed by atoms with van der Waals surface area (Å²) in [4.78, 5) is 0. The summed E-state index contributed by atoms with van der Waals surface area (Å²) >= 11 is 0. The maximum absolute atomic E-state index is 5.41. The molecule has 0 spiro atoms. The lowest BCUT2D eigenvalue weighted by Gasteiger charge is -2.09. The van der Waals surface area contributed by atoms with Gasteiger partial charge in [-0.25, -0.2) is 0 Å². The second kappa shape index (κ2) is 2.70. The standard InChI is InChI=1S/C7H6OP2/c1-2-4-7-6(3-1)5-9-10-8-7/h1-5,10H. The van der Waals surface area contributed by atoms with Crippen LogP contribution in [0.1, 0.15) is 5.56 Å². The molecule has 0 radical (unpaired) electrons. The van der Waals surface area contributed by atoms with Crippen LogP contribution in [0.25, 0.3) is 0 Å². The highest BCUT2D eigenvalue weighted by molar-refractivity contribution is 8.09. The first-order chi connectivity index (χ1) is 4.97. The smallest absolute Gasteiger partial charge is 0.131 e. The molecule has 0 fully saturated rings. The molecule has 3 heteroatoms. The predicted octanol–water partition coefficient (Wildman–Crippen LogP) is 2.68. The van der Waals surface area contributed by atoms with Crippen molar-refractivity contribution < 1.29 is 4.52 Å². The number of hydrogen-bond donors (Lipinski definition) is 0. The Balaban J connectivity index is 2.54. The van der Waals surface area contributed by atoms with E-state index >= 15 is 0 Å². The van der Waals surface area contributed by atoms with Crippen LogP contribution in [0.2, 0.25) is 0 Å². The summed E-state index contributed by atoms with van der Waals surface area (Å²) in [6, 6.07) is 8.11. The Labute approximate surface area is 63.0 Å². The highest BCUT2D eigenvalue weighted by Crippen LogP contribution is 2.38. The molecule has 0 N–H and O–H groups in total. The number of para-hydroxylation sites is 1. The maximum atomic E-state index is 5.41. The second-order valence-corrected chi connectivity index (χ2v) is 4.21. The molecule has 0 aromatic heterocycles. The van der Waals surface area contributed by atoms with Crippen molar-refractivity contribution in [2.45, 2.75) is 0 Å². The van der Waals surface area contributed by atoms with Gasteiger partial charge in [-0.3, -0.25) is 0 Å². The summed E-state index contributed by atoms with van der Waals surface area (Å²) < 4.78 is 5.41. The van der Waals surface area contributed by atoms with Crippen LogP contribution in [0.3, 0.4) is 0 Å². The molecule has 0 saturated heterocycles. The van der Waals surface area contributed by atoms with E-state index in [9.17, 15) is 0 Å². The lowest BCUT2D eigenvalue weighted by atomic mass is 10.2. The van der Waals surface area contributed by atoms with E-state index in [1.165, 1.54) is 13.5 Å². The van der Waals surface area contributed by atoms with Crippen molar-refractivity contribution in [1.29, 1.82) is 0 Å². The molecule has 2 rings (SSSR count). The van der Waals surface area contributed by atoms with Crippen LogP contribution in [-0.4, -0.2) is 5.80 Å². The van der Waals surface area contributed by atoms with Gasteiger partial charge in [0, 0.05) is 5.56 Å². The Morgan fingerprint density at radius 3 is 3.10 bits per heavy atom. The van der Waals surface area contributed by atoms with E-state index < -0.39 is 0 Å². The minimum atomic E-state index is 0.585.